The summed E-state index contributed by atoms with van der Waals surface area (Å²) in [4.78, 5) is 26.9. The zero-order chi connectivity index (χ0) is 19.9. The van der Waals surface area contributed by atoms with Crippen LogP contribution in [0.25, 0.3) is 0 Å². The normalized spacial score (nSPS) is 14.8. The SMILES string of the molecule is CC1CCN(c2ccc(C(=O)NCCSCc3cccs3)cc2[N+](=O)[O-])CC1. The summed E-state index contributed by atoms with van der Waals surface area (Å²) >= 11 is 3.48. The Morgan fingerprint density at radius 1 is 1.36 bits per heavy atom. The van der Waals surface area contributed by atoms with Gasteiger partial charge in [0.25, 0.3) is 11.6 Å². The topological polar surface area (TPSA) is 75.5 Å². The molecule has 2 aromatic rings. The Balaban J connectivity index is 1.56. The minimum Gasteiger partial charge on any atom is -0.366 e. The van der Waals surface area contributed by atoms with Gasteiger partial charge in [0.15, 0.2) is 0 Å². The summed E-state index contributed by atoms with van der Waals surface area (Å²) in [5, 5.41) is 16.5. The highest BCUT2D eigenvalue weighted by Crippen LogP contribution is 2.32. The summed E-state index contributed by atoms with van der Waals surface area (Å²) in [5.74, 6) is 2.12. The Bertz CT molecular complexity index is 803. The van der Waals surface area contributed by atoms with Gasteiger partial charge in [-0.05, 0) is 42.3 Å². The van der Waals surface area contributed by atoms with E-state index in [1.165, 1.54) is 10.9 Å². The van der Waals surface area contributed by atoms with E-state index in [-0.39, 0.29) is 16.5 Å². The Labute approximate surface area is 173 Å². The number of thiophene rings is 1. The molecule has 1 fully saturated rings. The van der Waals surface area contributed by atoms with Gasteiger partial charge in [-0.15, -0.1) is 11.3 Å². The number of carbonyl (C=O) groups is 1. The summed E-state index contributed by atoms with van der Waals surface area (Å²) in [6, 6.07) is 8.94. The van der Waals surface area contributed by atoms with Crippen LogP contribution < -0.4 is 10.2 Å². The quantitative estimate of drug-likeness (QED) is 0.386. The van der Waals surface area contributed by atoms with Crippen molar-refractivity contribution < 1.29 is 9.72 Å². The van der Waals surface area contributed by atoms with Crippen molar-refractivity contribution in [1.82, 2.24) is 5.32 Å². The van der Waals surface area contributed by atoms with Crippen LogP contribution in [0.4, 0.5) is 11.4 Å². The minimum atomic E-state index is -0.388. The fourth-order valence-electron chi connectivity index (χ4n) is 3.23. The van der Waals surface area contributed by atoms with Crippen LogP contribution >= 0.6 is 23.1 Å². The number of nitrogens with zero attached hydrogens (tertiary/aromatic N) is 2. The van der Waals surface area contributed by atoms with Gasteiger partial charge in [0.05, 0.1) is 4.92 Å². The lowest BCUT2D eigenvalue weighted by molar-refractivity contribution is -0.384. The number of hydrogen-bond acceptors (Lipinski definition) is 6. The number of anilines is 1. The Morgan fingerprint density at radius 3 is 2.82 bits per heavy atom. The number of hydrogen-bond donors (Lipinski definition) is 1. The molecule has 1 amide bonds. The first-order chi connectivity index (χ1) is 13.5. The number of nitro benzene ring substituents is 1. The van der Waals surface area contributed by atoms with Crippen molar-refractivity contribution in [3.8, 4) is 0 Å². The van der Waals surface area contributed by atoms with Crippen molar-refractivity contribution in [3.05, 3.63) is 56.3 Å². The van der Waals surface area contributed by atoms with Gasteiger partial charge in [-0.3, -0.25) is 14.9 Å². The highest BCUT2D eigenvalue weighted by molar-refractivity contribution is 7.98. The van der Waals surface area contributed by atoms with Gasteiger partial charge in [0, 0.05) is 47.6 Å². The second-order valence-electron chi connectivity index (χ2n) is 7.02. The predicted octanol–water partition coefficient (Wildman–Crippen LogP) is 4.56. The van der Waals surface area contributed by atoms with E-state index in [1.807, 2.05) is 6.07 Å². The molecule has 0 radical (unpaired) electrons. The largest absolute Gasteiger partial charge is 0.366 e. The molecule has 1 aromatic heterocycles. The van der Waals surface area contributed by atoms with Gasteiger partial charge in [-0.1, -0.05) is 13.0 Å². The molecule has 1 aromatic carbocycles. The number of thioether (sulfide) groups is 1. The average molecular weight is 420 g/mol. The van der Waals surface area contributed by atoms with E-state index in [9.17, 15) is 14.9 Å². The Hall–Kier alpha value is -2.06. The molecule has 0 bridgehead atoms. The van der Waals surface area contributed by atoms with Gasteiger partial charge in [-0.2, -0.15) is 11.8 Å². The van der Waals surface area contributed by atoms with Crippen molar-refractivity contribution >= 4 is 40.4 Å². The highest BCUT2D eigenvalue weighted by Gasteiger charge is 2.24. The van der Waals surface area contributed by atoms with Crippen molar-refractivity contribution in [1.29, 1.82) is 0 Å². The fourth-order valence-corrected chi connectivity index (χ4v) is 4.93. The third kappa shape index (κ3) is 5.48. The van der Waals surface area contributed by atoms with Gasteiger partial charge in [0.1, 0.15) is 5.69 Å². The molecular formula is C20H25N3O3S2. The van der Waals surface area contributed by atoms with Crippen LogP contribution in [-0.2, 0) is 5.75 Å². The molecule has 6 nitrogen and oxygen atoms in total. The second-order valence-corrected chi connectivity index (χ2v) is 9.16. The summed E-state index contributed by atoms with van der Waals surface area (Å²) in [5.41, 5.74) is 0.957. The lowest BCUT2D eigenvalue weighted by atomic mass is 9.98. The molecule has 28 heavy (non-hydrogen) atoms. The first-order valence-electron chi connectivity index (χ1n) is 9.46. The van der Waals surface area contributed by atoms with Crippen LogP contribution in [0.5, 0.6) is 0 Å². The highest BCUT2D eigenvalue weighted by atomic mass is 32.2. The standard InChI is InChI=1S/C20H25N3O3S2/c1-15-6-9-22(10-7-15)18-5-4-16(13-19(18)23(25)26)20(24)21-8-12-27-14-17-3-2-11-28-17/h2-5,11,13,15H,6-10,12,14H2,1H3,(H,21,24). The molecule has 0 saturated carbocycles. The first kappa shape index (κ1) is 20.7. The van der Waals surface area contributed by atoms with Gasteiger partial charge < -0.3 is 10.2 Å². The van der Waals surface area contributed by atoms with Crippen LogP contribution in [0, 0.1) is 16.0 Å². The van der Waals surface area contributed by atoms with E-state index in [0.717, 1.165) is 37.4 Å². The molecule has 0 aliphatic carbocycles. The maximum Gasteiger partial charge on any atom is 0.293 e. The van der Waals surface area contributed by atoms with E-state index in [1.54, 1.807) is 35.2 Å². The van der Waals surface area contributed by atoms with E-state index in [4.69, 9.17) is 0 Å². The van der Waals surface area contributed by atoms with E-state index in [2.05, 4.69) is 28.6 Å². The van der Waals surface area contributed by atoms with Gasteiger partial charge in [-0.25, -0.2) is 0 Å². The molecule has 0 atom stereocenters. The summed E-state index contributed by atoms with van der Waals surface area (Å²) in [6.45, 7) is 4.37. The van der Waals surface area contributed by atoms with E-state index < -0.39 is 0 Å². The number of amides is 1. The molecule has 150 valence electrons. The number of rotatable bonds is 8. The minimum absolute atomic E-state index is 0.00859. The number of nitrogens with one attached hydrogen (secondary N) is 1. The summed E-state index contributed by atoms with van der Waals surface area (Å²) in [6.07, 6.45) is 2.06. The molecule has 0 spiro atoms. The van der Waals surface area contributed by atoms with Crippen LogP contribution in [0.15, 0.2) is 35.7 Å². The number of nitro groups is 1. The third-order valence-electron chi connectivity index (χ3n) is 4.91. The van der Waals surface area contributed by atoms with Crippen molar-refractivity contribution in [3.63, 3.8) is 0 Å². The zero-order valence-corrected chi connectivity index (χ0v) is 17.6. The van der Waals surface area contributed by atoms with E-state index >= 15 is 0 Å². The fraction of sp³-hybridized carbons (Fsp3) is 0.450. The zero-order valence-electron chi connectivity index (χ0n) is 15.9. The predicted molar refractivity (Wildman–Crippen MR) is 117 cm³/mol. The van der Waals surface area contributed by atoms with Crippen molar-refractivity contribution in [2.24, 2.45) is 5.92 Å². The summed E-state index contributed by atoms with van der Waals surface area (Å²) < 4.78 is 0. The maximum atomic E-state index is 12.4. The number of benzene rings is 1. The van der Waals surface area contributed by atoms with Crippen molar-refractivity contribution in [2.75, 3.05) is 30.3 Å². The Morgan fingerprint density at radius 2 is 2.14 bits per heavy atom. The smallest absolute Gasteiger partial charge is 0.293 e. The number of piperidine rings is 1. The van der Waals surface area contributed by atoms with Crippen LogP contribution in [0.2, 0.25) is 0 Å². The van der Waals surface area contributed by atoms with E-state index in [0.29, 0.717) is 23.7 Å². The molecule has 1 saturated heterocycles. The van der Waals surface area contributed by atoms with Crippen LogP contribution in [-0.4, -0.2) is 36.2 Å². The molecule has 0 unspecified atom stereocenters. The first-order valence-corrected chi connectivity index (χ1v) is 11.5. The maximum absolute atomic E-state index is 12.4. The summed E-state index contributed by atoms with van der Waals surface area (Å²) in [7, 11) is 0. The number of carbonyl (C=O) groups excluding carboxylic acids is 1. The van der Waals surface area contributed by atoms with Gasteiger partial charge in [0.2, 0.25) is 0 Å². The molecule has 1 aliphatic rings. The van der Waals surface area contributed by atoms with Crippen molar-refractivity contribution in [2.45, 2.75) is 25.5 Å². The molecular weight excluding hydrogens is 394 g/mol. The second kappa shape index (κ2) is 9.93. The lowest BCUT2D eigenvalue weighted by Crippen LogP contribution is -2.33. The lowest BCUT2D eigenvalue weighted by Gasteiger charge is -2.31. The molecule has 8 heteroatoms. The monoisotopic (exact) mass is 419 g/mol. The Kier molecular flexibility index (Phi) is 7.33. The average Bonchev–Trinajstić information content (AvgIpc) is 3.21. The molecule has 1 N–H and O–H groups in total. The molecule has 3 rings (SSSR count). The van der Waals surface area contributed by atoms with Crippen LogP contribution in [0.3, 0.4) is 0 Å². The third-order valence-corrected chi connectivity index (χ3v) is 6.98. The van der Waals surface area contributed by atoms with Crippen LogP contribution in [0.1, 0.15) is 35.0 Å². The molecule has 2 heterocycles. The molecule has 1 aliphatic heterocycles. The van der Waals surface area contributed by atoms with Gasteiger partial charge >= 0.3 is 0 Å².